The monoisotopic (exact) mass is 321 g/mol. The predicted octanol–water partition coefficient (Wildman–Crippen LogP) is 2.60. The molecule has 2 rings (SSSR count). The first-order valence-corrected chi connectivity index (χ1v) is 6.72. The maximum atomic E-state index is 5.68. The van der Waals surface area contributed by atoms with Gasteiger partial charge in [0.2, 0.25) is 0 Å². The van der Waals surface area contributed by atoms with E-state index in [4.69, 9.17) is 10.6 Å². The Kier molecular flexibility index (Phi) is 4.90. The van der Waals surface area contributed by atoms with Crippen molar-refractivity contribution in [3.05, 3.63) is 58.3 Å². The largest absolute Gasteiger partial charge is 0.495 e. The summed E-state index contributed by atoms with van der Waals surface area (Å²) < 4.78 is 6.38. The lowest BCUT2D eigenvalue weighted by Gasteiger charge is -2.18. The molecule has 4 nitrogen and oxygen atoms in total. The summed E-state index contributed by atoms with van der Waals surface area (Å²) >= 11 is 3.47. The molecule has 3 N–H and O–H groups in total. The minimum absolute atomic E-state index is 0.0211. The fourth-order valence-corrected chi connectivity index (χ4v) is 2.45. The molecule has 1 heterocycles. The minimum Gasteiger partial charge on any atom is -0.495 e. The topological polar surface area (TPSA) is 60.2 Å². The zero-order chi connectivity index (χ0) is 13.7. The molecule has 0 radical (unpaired) electrons. The summed E-state index contributed by atoms with van der Waals surface area (Å²) in [6.07, 6.45) is 4.21. The van der Waals surface area contributed by atoms with Gasteiger partial charge < -0.3 is 4.74 Å². The molecular weight excluding hydrogens is 306 g/mol. The SMILES string of the molecule is COc1cnccc1C(Cc1cccc(Br)c1)NN. The third-order valence-electron chi connectivity index (χ3n) is 2.94. The molecule has 0 amide bonds. The Morgan fingerprint density at radius 1 is 1.42 bits per heavy atom. The molecule has 2 aromatic rings. The van der Waals surface area contributed by atoms with E-state index in [1.54, 1.807) is 19.5 Å². The van der Waals surface area contributed by atoms with Crippen molar-refractivity contribution < 1.29 is 4.74 Å². The highest BCUT2D eigenvalue weighted by Crippen LogP contribution is 2.26. The summed E-state index contributed by atoms with van der Waals surface area (Å²) in [5.41, 5.74) is 5.03. The van der Waals surface area contributed by atoms with Gasteiger partial charge in [-0.2, -0.15) is 0 Å². The average molecular weight is 322 g/mol. The van der Waals surface area contributed by atoms with Crippen LogP contribution in [0.1, 0.15) is 17.2 Å². The molecule has 0 saturated carbocycles. The van der Waals surface area contributed by atoms with Crippen LogP contribution in [0, 0.1) is 0 Å². The standard InChI is InChI=1S/C14H16BrN3O/c1-19-14-9-17-6-5-12(14)13(18-16)8-10-3-2-4-11(15)7-10/h2-7,9,13,18H,8,16H2,1H3. The van der Waals surface area contributed by atoms with Gasteiger partial charge in [-0.15, -0.1) is 0 Å². The van der Waals surface area contributed by atoms with Gasteiger partial charge in [0.15, 0.2) is 0 Å². The van der Waals surface area contributed by atoms with Crippen LogP contribution >= 0.6 is 15.9 Å². The number of hydrazine groups is 1. The molecule has 1 aromatic heterocycles. The lowest BCUT2D eigenvalue weighted by atomic mass is 10.00. The number of pyridine rings is 1. The molecule has 0 saturated heterocycles. The number of benzene rings is 1. The van der Waals surface area contributed by atoms with Crippen LogP contribution < -0.4 is 16.0 Å². The van der Waals surface area contributed by atoms with E-state index >= 15 is 0 Å². The number of nitrogens with one attached hydrogen (secondary N) is 1. The summed E-state index contributed by atoms with van der Waals surface area (Å²) in [6, 6.07) is 10.1. The summed E-state index contributed by atoms with van der Waals surface area (Å²) in [7, 11) is 1.63. The molecule has 0 aliphatic carbocycles. The summed E-state index contributed by atoms with van der Waals surface area (Å²) in [5.74, 6) is 6.41. The lowest BCUT2D eigenvalue weighted by Crippen LogP contribution is -2.30. The van der Waals surface area contributed by atoms with Crippen LogP contribution in [0.4, 0.5) is 0 Å². The summed E-state index contributed by atoms with van der Waals surface area (Å²) in [6.45, 7) is 0. The normalized spacial score (nSPS) is 12.2. The second-order valence-corrected chi connectivity index (χ2v) is 5.09. The van der Waals surface area contributed by atoms with E-state index in [-0.39, 0.29) is 6.04 Å². The highest BCUT2D eigenvalue weighted by molar-refractivity contribution is 9.10. The van der Waals surface area contributed by atoms with Crippen molar-refractivity contribution >= 4 is 15.9 Å². The number of nitrogens with two attached hydrogens (primary N) is 1. The van der Waals surface area contributed by atoms with Crippen molar-refractivity contribution in [1.29, 1.82) is 0 Å². The molecule has 1 aromatic carbocycles. The van der Waals surface area contributed by atoms with Gasteiger partial charge in [0.25, 0.3) is 0 Å². The summed E-state index contributed by atoms with van der Waals surface area (Å²) in [5, 5.41) is 0. The van der Waals surface area contributed by atoms with E-state index in [1.807, 2.05) is 18.2 Å². The predicted molar refractivity (Wildman–Crippen MR) is 78.7 cm³/mol. The zero-order valence-corrected chi connectivity index (χ0v) is 12.2. The van der Waals surface area contributed by atoms with Crippen LogP contribution in [0.5, 0.6) is 5.75 Å². The Hall–Kier alpha value is -1.43. The van der Waals surface area contributed by atoms with Crippen LogP contribution in [0.2, 0.25) is 0 Å². The molecule has 0 bridgehead atoms. The Balaban J connectivity index is 2.25. The fourth-order valence-electron chi connectivity index (χ4n) is 2.01. The van der Waals surface area contributed by atoms with Gasteiger partial charge in [-0.05, 0) is 30.2 Å². The first kappa shape index (κ1) is 14.0. The molecule has 100 valence electrons. The van der Waals surface area contributed by atoms with Crippen LogP contribution in [0.25, 0.3) is 0 Å². The Labute approximate surface area is 121 Å². The molecule has 0 aliphatic rings. The lowest BCUT2D eigenvalue weighted by molar-refractivity contribution is 0.397. The van der Waals surface area contributed by atoms with E-state index in [9.17, 15) is 0 Å². The molecule has 1 atom stereocenters. The third-order valence-corrected chi connectivity index (χ3v) is 3.44. The van der Waals surface area contributed by atoms with Crippen molar-refractivity contribution in [3.63, 3.8) is 0 Å². The Bertz CT molecular complexity index is 548. The fraction of sp³-hybridized carbons (Fsp3) is 0.214. The van der Waals surface area contributed by atoms with Gasteiger partial charge in [0.05, 0.1) is 19.3 Å². The van der Waals surface area contributed by atoms with Crippen molar-refractivity contribution in [2.24, 2.45) is 5.84 Å². The Morgan fingerprint density at radius 2 is 2.26 bits per heavy atom. The van der Waals surface area contributed by atoms with Crippen LogP contribution in [-0.4, -0.2) is 12.1 Å². The number of halogens is 1. The molecule has 5 heteroatoms. The van der Waals surface area contributed by atoms with Crippen molar-refractivity contribution in [2.75, 3.05) is 7.11 Å². The zero-order valence-electron chi connectivity index (χ0n) is 10.6. The maximum Gasteiger partial charge on any atom is 0.141 e. The second kappa shape index (κ2) is 6.65. The molecule has 0 spiro atoms. The number of hydrogen-bond donors (Lipinski definition) is 2. The van der Waals surface area contributed by atoms with Gasteiger partial charge in [0, 0.05) is 16.2 Å². The molecule has 0 fully saturated rings. The van der Waals surface area contributed by atoms with Gasteiger partial charge in [-0.1, -0.05) is 28.1 Å². The highest BCUT2D eigenvalue weighted by Gasteiger charge is 2.15. The highest BCUT2D eigenvalue weighted by atomic mass is 79.9. The molecular formula is C14H16BrN3O. The average Bonchev–Trinajstić information content (AvgIpc) is 2.45. The number of nitrogens with zero attached hydrogens (tertiary/aromatic N) is 1. The number of ether oxygens (including phenoxy) is 1. The Morgan fingerprint density at radius 3 is 2.95 bits per heavy atom. The van der Waals surface area contributed by atoms with Crippen LogP contribution in [0.3, 0.4) is 0 Å². The minimum atomic E-state index is -0.0211. The van der Waals surface area contributed by atoms with Crippen LogP contribution in [-0.2, 0) is 6.42 Å². The second-order valence-electron chi connectivity index (χ2n) is 4.17. The first-order chi connectivity index (χ1) is 9.24. The van der Waals surface area contributed by atoms with Gasteiger partial charge >= 0.3 is 0 Å². The van der Waals surface area contributed by atoms with E-state index in [0.717, 1.165) is 22.2 Å². The number of methoxy groups -OCH3 is 1. The van der Waals surface area contributed by atoms with Crippen molar-refractivity contribution in [1.82, 2.24) is 10.4 Å². The van der Waals surface area contributed by atoms with E-state index < -0.39 is 0 Å². The first-order valence-electron chi connectivity index (χ1n) is 5.93. The molecule has 1 unspecified atom stereocenters. The number of aromatic nitrogens is 1. The van der Waals surface area contributed by atoms with Crippen molar-refractivity contribution in [3.8, 4) is 5.75 Å². The summed E-state index contributed by atoms with van der Waals surface area (Å²) in [4.78, 5) is 4.05. The number of rotatable bonds is 5. The van der Waals surface area contributed by atoms with E-state index in [1.165, 1.54) is 5.56 Å². The quantitative estimate of drug-likeness (QED) is 0.656. The number of hydrogen-bond acceptors (Lipinski definition) is 4. The van der Waals surface area contributed by atoms with Crippen molar-refractivity contribution in [2.45, 2.75) is 12.5 Å². The van der Waals surface area contributed by atoms with E-state index in [2.05, 4.69) is 38.5 Å². The third kappa shape index (κ3) is 3.53. The van der Waals surface area contributed by atoms with E-state index in [0.29, 0.717) is 0 Å². The van der Waals surface area contributed by atoms with Gasteiger partial charge in [0.1, 0.15) is 5.75 Å². The molecule has 0 aliphatic heterocycles. The maximum absolute atomic E-state index is 5.68. The smallest absolute Gasteiger partial charge is 0.141 e. The van der Waals surface area contributed by atoms with Gasteiger partial charge in [-0.3, -0.25) is 16.3 Å². The molecule has 19 heavy (non-hydrogen) atoms. The van der Waals surface area contributed by atoms with Crippen LogP contribution in [0.15, 0.2) is 47.2 Å². The van der Waals surface area contributed by atoms with Gasteiger partial charge in [-0.25, -0.2) is 0 Å².